The Balaban J connectivity index is 3.67. The smallest absolute Gasteiger partial charge is 0.305 e. The van der Waals surface area contributed by atoms with E-state index < -0.39 is 18.2 Å². The van der Waals surface area contributed by atoms with Crippen LogP contribution < -0.4 is 0 Å². The lowest BCUT2D eigenvalue weighted by molar-refractivity contribution is -0.152. The first-order valence-corrected chi connectivity index (χ1v) is 19.8. The van der Waals surface area contributed by atoms with E-state index in [2.05, 4.69) is 20.8 Å². The molecule has 7 heteroatoms. The van der Waals surface area contributed by atoms with Crippen LogP contribution in [0.25, 0.3) is 0 Å². The number of hydrogen-bond donors (Lipinski definition) is 3. The van der Waals surface area contributed by atoms with Crippen LogP contribution in [0.1, 0.15) is 168 Å². The summed E-state index contributed by atoms with van der Waals surface area (Å²) in [5, 5.41) is 29.9. The quantitative estimate of drug-likeness (QED) is 0.0350. The third kappa shape index (κ3) is 36.9. The van der Waals surface area contributed by atoms with E-state index in [0.717, 1.165) is 57.3 Å². The van der Waals surface area contributed by atoms with Crippen molar-refractivity contribution in [3.8, 4) is 0 Å². The van der Waals surface area contributed by atoms with Crippen molar-refractivity contribution >= 4 is 11.9 Å². The van der Waals surface area contributed by atoms with Gasteiger partial charge in [-0.25, -0.2) is 0 Å². The summed E-state index contributed by atoms with van der Waals surface area (Å²) in [5.41, 5.74) is 0. The van der Waals surface area contributed by atoms with Gasteiger partial charge in [0.1, 0.15) is 19.3 Å². The van der Waals surface area contributed by atoms with Crippen molar-refractivity contribution < 1.29 is 34.4 Å². The second-order valence-electron chi connectivity index (χ2n) is 13.9. The first kappa shape index (κ1) is 46.8. The van der Waals surface area contributed by atoms with Crippen LogP contribution in [0.5, 0.6) is 0 Å². The van der Waals surface area contributed by atoms with Crippen LogP contribution in [0.4, 0.5) is 0 Å². The zero-order chi connectivity index (χ0) is 36.2. The molecule has 0 spiro atoms. The van der Waals surface area contributed by atoms with E-state index in [9.17, 15) is 24.9 Å². The van der Waals surface area contributed by atoms with Gasteiger partial charge in [-0.1, -0.05) is 172 Å². The van der Waals surface area contributed by atoms with Gasteiger partial charge < -0.3 is 24.8 Å². The summed E-state index contributed by atoms with van der Waals surface area (Å²) in [7, 11) is 0. The fourth-order valence-corrected chi connectivity index (χ4v) is 5.37. The van der Waals surface area contributed by atoms with Crippen LogP contribution in [0.3, 0.4) is 0 Å². The van der Waals surface area contributed by atoms with E-state index in [1.54, 1.807) is 12.2 Å². The third-order valence-corrected chi connectivity index (χ3v) is 8.45. The fraction of sp³-hybridized carbons (Fsp3) is 0.762. The fourth-order valence-electron chi connectivity index (χ4n) is 5.37. The van der Waals surface area contributed by atoms with E-state index in [-0.39, 0.29) is 31.7 Å². The molecule has 0 bridgehead atoms. The van der Waals surface area contributed by atoms with Gasteiger partial charge >= 0.3 is 11.9 Å². The maximum absolute atomic E-state index is 12.0. The van der Waals surface area contributed by atoms with E-state index in [1.165, 1.54) is 70.6 Å². The highest BCUT2D eigenvalue weighted by atomic mass is 16.6. The molecule has 284 valence electrons. The van der Waals surface area contributed by atoms with E-state index in [4.69, 9.17) is 9.47 Å². The molecule has 3 atom stereocenters. The number of carbonyl (C=O) groups is 2. The summed E-state index contributed by atoms with van der Waals surface area (Å²) >= 11 is 0. The second-order valence-corrected chi connectivity index (χ2v) is 13.9. The predicted octanol–water partition coefficient (Wildman–Crippen LogP) is 10.0. The van der Waals surface area contributed by atoms with E-state index in [0.29, 0.717) is 19.3 Å². The van der Waals surface area contributed by atoms with Crippen LogP contribution in [0.2, 0.25) is 0 Å². The van der Waals surface area contributed by atoms with Crippen molar-refractivity contribution in [1.82, 2.24) is 0 Å². The summed E-state index contributed by atoms with van der Waals surface area (Å²) in [6.07, 6.45) is 36.7. The number of aliphatic hydroxyl groups excluding tert-OH is 3. The normalized spacial score (nSPS) is 14.1. The summed E-state index contributed by atoms with van der Waals surface area (Å²) in [6, 6.07) is 0. The van der Waals surface area contributed by atoms with Gasteiger partial charge in [-0.2, -0.15) is 0 Å². The molecular weight excluding hydrogens is 616 g/mol. The molecule has 0 heterocycles. The molecule has 0 fully saturated rings. The molecule has 3 N–H and O–H groups in total. The van der Waals surface area contributed by atoms with Gasteiger partial charge in [-0.05, 0) is 38.0 Å². The van der Waals surface area contributed by atoms with Crippen molar-refractivity contribution in [2.75, 3.05) is 13.2 Å². The van der Waals surface area contributed by atoms with Gasteiger partial charge in [0.25, 0.3) is 0 Å². The summed E-state index contributed by atoms with van der Waals surface area (Å²) in [5.74, 6) is 0.0500. The van der Waals surface area contributed by atoms with Crippen molar-refractivity contribution in [2.45, 2.75) is 187 Å². The molecule has 0 unspecified atom stereocenters. The number of aliphatic hydroxyl groups is 3. The van der Waals surface area contributed by atoms with Crippen molar-refractivity contribution in [3.63, 3.8) is 0 Å². The molecule has 0 aliphatic carbocycles. The van der Waals surface area contributed by atoms with E-state index >= 15 is 0 Å². The zero-order valence-corrected chi connectivity index (χ0v) is 31.6. The third-order valence-electron chi connectivity index (χ3n) is 8.45. The SMILES string of the molecule is CCCCC[C@H](O)/C=C/C=C\C/C=C\C=C\[C@H](O)CCCC(=O)OC[C@@H](O)COC(=O)CCCCCCCCCCCCCCCC(C)C. The molecule has 0 aromatic rings. The first-order chi connectivity index (χ1) is 23.7. The van der Waals surface area contributed by atoms with Crippen LogP contribution in [0, 0.1) is 5.92 Å². The molecule has 0 radical (unpaired) electrons. The summed E-state index contributed by atoms with van der Waals surface area (Å²) in [6.45, 7) is 6.34. The van der Waals surface area contributed by atoms with Gasteiger partial charge in [0, 0.05) is 12.8 Å². The van der Waals surface area contributed by atoms with Gasteiger partial charge in [0.05, 0.1) is 12.2 Å². The highest BCUT2D eigenvalue weighted by molar-refractivity contribution is 5.69. The molecule has 0 aromatic heterocycles. The molecule has 0 rings (SSSR count). The Kier molecular flexibility index (Phi) is 34.0. The Morgan fingerprint density at radius 3 is 1.41 bits per heavy atom. The highest BCUT2D eigenvalue weighted by Gasteiger charge is 2.12. The molecule has 0 saturated heterocycles. The van der Waals surface area contributed by atoms with Gasteiger partial charge in [-0.3, -0.25) is 9.59 Å². The summed E-state index contributed by atoms with van der Waals surface area (Å²) < 4.78 is 10.2. The average molecular weight is 691 g/mol. The topological polar surface area (TPSA) is 113 Å². The molecule has 7 nitrogen and oxygen atoms in total. The minimum absolute atomic E-state index is 0.136. The molecule has 0 aliphatic rings. The zero-order valence-electron chi connectivity index (χ0n) is 31.6. The maximum Gasteiger partial charge on any atom is 0.305 e. The molecular formula is C42H74O7. The van der Waals surface area contributed by atoms with Gasteiger partial charge in [-0.15, -0.1) is 0 Å². The number of ether oxygens (including phenoxy) is 2. The molecule has 0 amide bonds. The first-order valence-electron chi connectivity index (χ1n) is 19.8. The van der Waals surface area contributed by atoms with Crippen LogP contribution in [-0.2, 0) is 19.1 Å². The molecule has 0 aromatic carbocycles. The molecule has 0 aliphatic heterocycles. The average Bonchev–Trinajstić information content (AvgIpc) is 3.07. The second kappa shape index (κ2) is 35.6. The van der Waals surface area contributed by atoms with Gasteiger partial charge in [0.15, 0.2) is 0 Å². The lowest BCUT2D eigenvalue weighted by Gasteiger charge is -2.12. The van der Waals surface area contributed by atoms with Crippen LogP contribution in [-0.4, -0.2) is 58.8 Å². The minimum atomic E-state index is -1.05. The number of esters is 2. The number of unbranched alkanes of at least 4 members (excludes halogenated alkanes) is 14. The summed E-state index contributed by atoms with van der Waals surface area (Å²) in [4.78, 5) is 23.9. The number of carbonyl (C=O) groups excluding carboxylic acids is 2. The Morgan fingerprint density at radius 2 is 0.939 bits per heavy atom. The number of hydrogen-bond acceptors (Lipinski definition) is 7. The Hall–Kier alpha value is -2.22. The minimum Gasteiger partial charge on any atom is -0.463 e. The van der Waals surface area contributed by atoms with Crippen molar-refractivity contribution in [3.05, 3.63) is 48.6 Å². The largest absolute Gasteiger partial charge is 0.463 e. The molecule has 0 saturated carbocycles. The highest BCUT2D eigenvalue weighted by Crippen LogP contribution is 2.15. The standard InChI is InChI=1S/C42H74O7/c1-4-5-22-29-38(43)30-24-19-15-13-16-20-25-31-39(44)32-27-34-42(47)49-36-40(45)35-48-41(46)33-26-21-17-12-10-8-6-7-9-11-14-18-23-28-37(2)3/h15-16,19-20,24-25,30-31,37-40,43-45H,4-14,17-18,21-23,26-29,32-36H2,1-3H3/b19-15-,20-16-,30-24+,31-25+/t38-,39-,40-/m0/s1. The van der Waals surface area contributed by atoms with Crippen LogP contribution >= 0.6 is 0 Å². The Bertz CT molecular complexity index is 876. The lowest BCUT2D eigenvalue weighted by Crippen LogP contribution is -2.25. The Labute approximate surface area is 300 Å². The Morgan fingerprint density at radius 1 is 0.531 bits per heavy atom. The number of allylic oxidation sites excluding steroid dienone is 6. The lowest BCUT2D eigenvalue weighted by atomic mass is 10.0. The van der Waals surface area contributed by atoms with Crippen molar-refractivity contribution in [2.24, 2.45) is 5.92 Å². The monoisotopic (exact) mass is 691 g/mol. The predicted molar refractivity (Wildman–Crippen MR) is 203 cm³/mol. The van der Waals surface area contributed by atoms with Crippen LogP contribution in [0.15, 0.2) is 48.6 Å². The van der Waals surface area contributed by atoms with Gasteiger partial charge in [0.2, 0.25) is 0 Å². The maximum atomic E-state index is 12.0. The van der Waals surface area contributed by atoms with Crippen molar-refractivity contribution in [1.29, 1.82) is 0 Å². The van der Waals surface area contributed by atoms with E-state index in [1.807, 2.05) is 36.5 Å². The molecule has 49 heavy (non-hydrogen) atoms. The number of rotatable bonds is 34.